The minimum Gasteiger partial charge on any atom is -0.338 e. The van der Waals surface area contributed by atoms with Crippen LogP contribution in [0.5, 0.6) is 0 Å². The average molecular weight is 526 g/mol. The van der Waals surface area contributed by atoms with Crippen LogP contribution in [0.25, 0.3) is 50.3 Å². The van der Waals surface area contributed by atoms with Gasteiger partial charge in [0, 0.05) is 46.7 Å². The first-order valence-corrected chi connectivity index (χ1v) is 12.7. The first-order chi connectivity index (χ1) is 19.6. The van der Waals surface area contributed by atoms with Crippen LogP contribution in [-0.2, 0) is 11.2 Å². The number of hydrogen-bond acceptors (Lipinski definition) is 6. The number of H-pyrrole nitrogens is 2. The van der Waals surface area contributed by atoms with Crippen molar-refractivity contribution in [2.75, 3.05) is 5.32 Å². The third-order valence-electron chi connectivity index (χ3n) is 6.74. The van der Waals surface area contributed by atoms with Crippen molar-refractivity contribution in [3.8, 4) is 28.2 Å². The number of aromatic nitrogens is 8. The Morgan fingerprint density at radius 1 is 0.950 bits per heavy atom. The number of benzene rings is 1. The van der Waals surface area contributed by atoms with E-state index in [9.17, 15) is 4.79 Å². The Balaban J connectivity index is 1.21. The molecule has 0 aliphatic rings. The van der Waals surface area contributed by atoms with Crippen molar-refractivity contribution in [2.24, 2.45) is 0 Å². The monoisotopic (exact) mass is 525 g/mol. The summed E-state index contributed by atoms with van der Waals surface area (Å²) in [5.41, 5.74) is 8.16. The molecule has 1 amide bonds. The molecule has 6 aromatic heterocycles. The van der Waals surface area contributed by atoms with Crippen LogP contribution in [0.1, 0.15) is 11.3 Å². The second kappa shape index (κ2) is 9.59. The van der Waals surface area contributed by atoms with Gasteiger partial charge >= 0.3 is 0 Å². The molecular formula is C30H23N9O. The van der Waals surface area contributed by atoms with Crippen LogP contribution in [0, 0.1) is 6.92 Å². The van der Waals surface area contributed by atoms with Gasteiger partial charge in [-0.2, -0.15) is 5.10 Å². The predicted molar refractivity (Wildman–Crippen MR) is 153 cm³/mol. The number of carbonyl (C=O) groups is 1. The quantitative estimate of drug-likeness (QED) is 0.272. The van der Waals surface area contributed by atoms with Gasteiger partial charge in [0.25, 0.3) is 0 Å². The molecule has 0 saturated carbocycles. The Morgan fingerprint density at radius 3 is 2.67 bits per heavy atom. The summed E-state index contributed by atoms with van der Waals surface area (Å²) in [6.45, 7) is 1.96. The number of carbonyl (C=O) groups excluding carboxylic acids is 1. The van der Waals surface area contributed by atoms with Gasteiger partial charge in [-0.1, -0.05) is 30.3 Å². The van der Waals surface area contributed by atoms with Gasteiger partial charge in [0.15, 0.2) is 5.65 Å². The predicted octanol–water partition coefficient (Wildman–Crippen LogP) is 5.24. The summed E-state index contributed by atoms with van der Waals surface area (Å²) in [6.07, 6.45) is 11.0. The lowest BCUT2D eigenvalue weighted by molar-refractivity contribution is -0.115. The van der Waals surface area contributed by atoms with E-state index in [4.69, 9.17) is 0 Å². The van der Waals surface area contributed by atoms with E-state index in [1.807, 2.05) is 66.2 Å². The van der Waals surface area contributed by atoms with Crippen LogP contribution in [0.3, 0.4) is 0 Å². The number of anilines is 1. The Bertz CT molecular complexity index is 2000. The highest BCUT2D eigenvalue weighted by atomic mass is 16.1. The summed E-state index contributed by atoms with van der Waals surface area (Å²) < 4.78 is 1.99. The summed E-state index contributed by atoms with van der Waals surface area (Å²) in [5.74, 6) is -0.103. The molecule has 0 radical (unpaired) electrons. The fourth-order valence-electron chi connectivity index (χ4n) is 4.84. The third-order valence-corrected chi connectivity index (χ3v) is 6.74. The Labute approximate surface area is 228 Å². The second-order valence-corrected chi connectivity index (χ2v) is 9.56. The molecule has 1 aromatic carbocycles. The molecule has 10 nitrogen and oxygen atoms in total. The van der Waals surface area contributed by atoms with Gasteiger partial charge in [-0.05, 0) is 36.8 Å². The van der Waals surface area contributed by atoms with E-state index in [1.165, 1.54) is 0 Å². The van der Waals surface area contributed by atoms with Gasteiger partial charge in [0.05, 0.1) is 47.4 Å². The number of nitrogens with one attached hydrogen (secondary N) is 3. The highest BCUT2D eigenvalue weighted by Crippen LogP contribution is 2.32. The molecule has 0 aliphatic carbocycles. The van der Waals surface area contributed by atoms with Gasteiger partial charge in [-0.3, -0.25) is 14.9 Å². The third kappa shape index (κ3) is 4.37. The molecular weight excluding hydrogens is 502 g/mol. The van der Waals surface area contributed by atoms with Crippen LogP contribution in [-0.4, -0.2) is 45.6 Å². The highest BCUT2D eigenvalue weighted by molar-refractivity contribution is 5.97. The average Bonchev–Trinajstić information content (AvgIpc) is 3.71. The minimum absolute atomic E-state index is 0.103. The molecule has 194 valence electrons. The van der Waals surface area contributed by atoms with Crippen LogP contribution in [0.15, 0.2) is 91.9 Å². The van der Waals surface area contributed by atoms with E-state index in [2.05, 4.69) is 46.5 Å². The molecule has 0 spiro atoms. The summed E-state index contributed by atoms with van der Waals surface area (Å²) in [7, 11) is 0. The lowest BCUT2D eigenvalue weighted by Crippen LogP contribution is -2.14. The molecule has 0 unspecified atom stereocenters. The van der Waals surface area contributed by atoms with Crippen molar-refractivity contribution >= 4 is 33.7 Å². The van der Waals surface area contributed by atoms with Crippen molar-refractivity contribution in [3.63, 3.8) is 0 Å². The largest absolute Gasteiger partial charge is 0.338 e. The van der Waals surface area contributed by atoms with Crippen LogP contribution in [0.4, 0.5) is 5.69 Å². The number of amides is 1. The molecule has 0 bridgehead atoms. The van der Waals surface area contributed by atoms with Gasteiger partial charge in [0.2, 0.25) is 5.91 Å². The highest BCUT2D eigenvalue weighted by Gasteiger charge is 2.16. The number of nitrogens with zero attached hydrogens (tertiary/aromatic N) is 6. The van der Waals surface area contributed by atoms with E-state index in [1.54, 1.807) is 31.1 Å². The number of hydrogen-bond donors (Lipinski definition) is 3. The van der Waals surface area contributed by atoms with E-state index in [0.29, 0.717) is 17.8 Å². The van der Waals surface area contributed by atoms with Crippen molar-refractivity contribution in [3.05, 3.63) is 103 Å². The molecule has 3 N–H and O–H groups in total. The zero-order valence-electron chi connectivity index (χ0n) is 21.5. The topological polar surface area (TPSA) is 130 Å². The second-order valence-electron chi connectivity index (χ2n) is 9.56. The van der Waals surface area contributed by atoms with Crippen LogP contribution in [0.2, 0.25) is 0 Å². The maximum absolute atomic E-state index is 12.6. The van der Waals surface area contributed by atoms with Crippen LogP contribution < -0.4 is 5.32 Å². The molecule has 0 fully saturated rings. The number of pyridine rings is 3. The maximum atomic E-state index is 12.6. The number of rotatable bonds is 6. The maximum Gasteiger partial charge on any atom is 0.228 e. The fraction of sp³-hybridized carbons (Fsp3) is 0.0667. The standard InChI is InChI=1S/C30H23N9O/c1-18-16-39(17-34-18)26-7-8-32-29-23(26)12-25(36-29)28-24-11-21(14-33-30(24)38-37-28)20-10-22(15-31-13-20)35-27(40)9-19-5-3-2-4-6-19/h2-8,10-17H,9H2,1H3,(H,32,36)(H,35,40)(H,33,37,38). The Kier molecular flexibility index (Phi) is 5.63. The number of aromatic amines is 2. The van der Waals surface area contributed by atoms with Gasteiger partial charge in [0.1, 0.15) is 5.65 Å². The van der Waals surface area contributed by atoms with Gasteiger partial charge in [-0.15, -0.1) is 0 Å². The SMILES string of the molecule is Cc1cn(-c2ccnc3[nH]c(-c4[nH]nc5ncc(-c6cncc(NC(=O)Cc7ccccc7)c6)cc45)cc23)cn1. The van der Waals surface area contributed by atoms with Crippen molar-refractivity contribution < 1.29 is 4.79 Å². The lowest BCUT2D eigenvalue weighted by atomic mass is 10.1. The van der Waals surface area contributed by atoms with E-state index in [0.717, 1.165) is 55.9 Å². The minimum atomic E-state index is -0.103. The van der Waals surface area contributed by atoms with E-state index in [-0.39, 0.29) is 5.91 Å². The van der Waals surface area contributed by atoms with Crippen molar-refractivity contribution in [1.82, 2.24) is 39.7 Å². The molecule has 7 aromatic rings. The van der Waals surface area contributed by atoms with Crippen LogP contribution >= 0.6 is 0 Å². The first-order valence-electron chi connectivity index (χ1n) is 12.7. The number of fused-ring (bicyclic) bond motifs is 2. The molecule has 6 heterocycles. The summed E-state index contributed by atoms with van der Waals surface area (Å²) in [5, 5.41) is 12.3. The summed E-state index contributed by atoms with van der Waals surface area (Å²) in [6, 6.07) is 17.6. The zero-order valence-corrected chi connectivity index (χ0v) is 21.5. The Hall–Kier alpha value is -5.64. The fourth-order valence-corrected chi connectivity index (χ4v) is 4.84. The zero-order chi connectivity index (χ0) is 27.1. The molecule has 0 atom stereocenters. The summed E-state index contributed by atoms with van der Waals surface area (Å²) in [4.78, 5) is 33.8. The molecule has 0 saturated heterocycles. The first kappa shape index (κ1) is 23.5. The molecule has 40 heavy (non-hydrogen) atoms. The number of aryl methyl sites for hydroxylation is 1. The van der Waals surface area contributed by atoms with E-state index < -0.39 is 0 Å². The normalized spacial score (nSPS) is 11.3. The molecule has 7 rings (SSSR count). The van der Waals surface area contributed by atoms with E-state index >= 15 is 0 Å². The smallest absolute Gasteiger partial charge is 0.228 e. The van der Waals surface area contributed by atoms with Gasteiger partial charge < -0.3 is 14.9 Å². The Morgan fingerprint density at radius 2 is 1.82 bits per heavy atom. The molecule has 0 aliphatic heterocycles. The summed E-state index contributed by atoms with van der Waals surface area (Å²) >= 11 is 0. The van der Waals surface area contributed by atoms with Crippen molar-refractivity contribution in [2.45, 2.75) is 13.3 Å². The molecule has 10 heteroatoms. The van der Waals surface area contributed by atoms with Gasteiger partial charge in [-0.25, -0.2) is 15.0 Å². The number of imidazole rings is 1. The lowest BCUT2D eigenvalue weighted by Gasteiger charge is -2.07. The van der Waals surface area contributed by atoms with Crippen molar-refractivity contribution in [1.29, 1.82) is 0 Å².